The summed E-state index contributed by atoms with van der Waals surface area (Å²) in [5.74, 6) is 0.730. The summed E-state index contributed by atoms with van der Waals surface area (Å²) in [4.78, 5) is 8.21. The van der Waals surface area contributed by atoms with Crippen LogP contribution in [0.2, 0.25) is 0 Å². The highest BCUT2D eigenvalue weighted by Gasteiger charge is 2.20. The second kappa shape index (κ2) is 6.33. The summed E-state index contributed by atoms with van der Waals surface area (Å²) in [6.45, 7) is 4.04. The fourth-order valence-corrected chi connectivity index (χ4v) is 3.20. The molecular formula is C12H21N3OS. The first-order valence-electron chi connectivity index (χ1n) is 6.16. The molecule has 5 heteroatoms. The van der Waals surface area contributed by atoms with Crippen LogP contribution in [0.3, 0.4) is 0 Å². The summed E-state index contributed by atoms with van der Waals surface area (Å²) in [5, 5.41) is 4.33. The third-order valence-corrected chi connectivity index (χ3v) is 4.24. The second-order valence-electron chi connectivity index (χ2n) is 4.53. The standard InChI is InChI=1S/C12H21N3OS/c1-13-7-11-8-14-12(17-11)15-5-3-10(4-6-15)9-16-2/h8,10,13H,3-7,9H2,1-2H3. The number of nitrogens with one attached hydrogen (secondary N) is 1. The number of hydrogen-bond donors (Lipinski definition) is 1. The molecule has 0 bridgehead atoms. The highest BCUT2D eigenvalue weighted by Crippen LogP contribution is 2.27. The summed E-state index contributed by atoms with van der Waals surface area (Å²) in [6.07, 6.45) is 4.42. The monoisotopic (exact) mass is 255 g/mol. The number of ether oxygens (including phenoxy) is 1. The minimum atomic E-state index is 0.730. The number of piperidine rings is 1. The second-order valence-corrected chi connectivity index (χ2v) is 5.62. The van der Waals surface area contributed by atoms with Crippen LogP contribution < -0.4 is 10.2 Å². The van der Waals surface area contributed by atoms with Crippen molar-refractivity contribution in [2.24, 2.45) is 5.92 Å². The molecule has 4 nitrogen and oxygen atoms in total. The molecule has 1 aromatic rings. The van der Waals surface area contributed by atoms with E-state index < -0.39 is 0 Å². The van der Waals surface area contributed by atoms with Crippen LogP contribution in [0.5, 0.6) is 0 Å². The number of methoxy groups -OCH3 is 1. The Kier molecular flexibility index (Phi) is 4.76. The van der Waals surface area contributed by atoms with Crippen LogP contribution in [0, 0.1) is 5.92 Å². The molecule has 96 valence electrons. The number of anilines is 1. The summed E-state index contributed by atoms with van der Waals surface area (Å²) in [7, 11) is 3.76. The Morgan fingerprint density at radius 2 is 2.29 bits per heavy atom. The number of nitrogens with zero attached hydrogens (tertiary/aromatic N) is 2. The van der Waals surface area contributed by atoms with Crippen LogP contribution >= 0.6 is 11.3 Å². The first-order valence-corrected chi connectivity index (χ1v) is 6.98. The summed E-state index contributed by atoms with van der Waals surface area (Å²) in [5.41, 5.74) is 0. The summed E-state index contributed by atoms with van der Waals surface area (Å²) >= 11 is 1.80. The van der Waals surface area contributed by atoms with Gasteiger partial charge in [-0.15, -0.1) is 11.3 Å². The number of thiazole rings is 1. The van der Waals surface area contributed by atoms with Gasteiger partial charge in [-0.1, -0.05) is 0 Å². The third-order valence-electron chi connectivity index (χ3n) is 3.18. The molecule has 1 saturated heterocycles. The molecule has 0 unspecified atom stereocenters. The van der Waals surface area contributed by atoms with Gasteiger partial charge in [0.05, 0.1) is 0 Å². The Morgan fingerprint density at radius 3 is 2.94 bits per heavy atom. The van der Waals surface area contributed by atoms with Crippen LogP contribution in [0.4, 0.5) is 5.13 Å². The van der Waals surface area contributed by atoms with Gasteiger partial charge in [0.1, 0.15) is 0 Å². The number of hydrogen-bond acceptors (Lipinski definition) is 5. The molecule has 17 heavy (non-hydrogen) atoms. The van der Waals surface area contributed by atoms with E-state index >= 15 is 0 Å². The number of aromatic nitrogens is 1. The molecule has 2 rings (SSSR count). The van der Waals surface area contributed by atoms with Crippen molar-refractivity contribution in [1.82, 2.24) is 10.3 Å². The van der Waals surface area contributed by atoms with E-state index in [0.29, 0.717) is 0 Å². The van der Waals surface area contributed by atoms with Crippen molar-refractivity contribution in [3.8, 4) is 0 Å². The lowest BCUT2D eigenvalue weighted by Crippen LogP contribution is -2.34. The molecular weight excluding hydrogens is 234 g/mol. The van der Waals surface area contributed by atoms with Crippen molar-refractivity contribution >= 4 is 16.5 Å². The predicted octanol–water partition coefficient (Wildman–Crippen LogP) is 1.73. The highest BCUT2D eigenvalue weighted by molar-refractivity contribution is 7.15. The Labute approximate surface area is 107 Å². The minimum absolute atomic E-state index is 0.730. The fourth-order valence-electron chi connectivity index (χ4n) is 2.23. The molecule has 0 aliphatic carbocycles. The average Bonchev–Trinajstić information content (AvgIpc) is 2.80. The van der Waals surface area contributed by atoms with E-state index in [0.717, 1.165) is 32.2 Å². The van der Waals surface area contributed by atoms with Gasteiger partial charge in [-0.2, -0.15) is 0 Å². The van der Waals surface area contributed by atoms with Crippen molar-refractivity contribution in [2.45, 2.75) is 19.4 Å². The van der Waals surface area contributed by atoms with Crippen LogP contribution in [0.25, 0.3) is 0 Å². The Balaban J connectivity index is 1.86. The highest BCUT2D eigenvalue weighted by atomic mass is 32.1. The Hall–Kier alpha value is -0.650. The van der Waals surface area contributed by atoms with Crippen molar-refractivity contribution in [3.63, 3.8) is 0 Å². The smallest absolute Gasteiger partial charge is 0.185 e. The zero-order chi connectivity index (χ0) is 12.1. The molecule has 1 aliphatic rings. The van der Waals surface area contributed by atoms with Gasteiger partial charge < -0.3 is 15.0 Å². The van der Waals surface area contributed by atoms with E-state index in [1.165, 1.54) is 22.9 Å². The van der Waals surface area contributed by atoms with Crippen molar-refractivity contribution in [1.29, 1.82) is 0 Å². The SMILES string of the molecule is CNCc1cnc(N2CCC(COC)CC2)s1. The van der Waals surface area contributed by atoms with Crippen LogP contribution in [-0.2, 0) is 11.3 Å². The van der Waals surface area contributed by atoms with Crippen molar-refractivity contribution < 1.29 is 4.74 Å². The molecule has 0 radical (unpaired) electrons. The maximum atomic E-state index is 5.22. The van der Waals surface area contributed by atoms with Gasteiger partial charge in [-0.3, -0.25) is 0 Å². The van der Waals surface area contributed by atoms with Crippen molar-refractivity contribution in [3.05, 3.63) is 11.1 Å². The topological polar surface area (TPSA) is 37.4 Å². The zero-order valence-electron chi connectivity index (χ0n) is 10.6. The van der Waals surface area contributed by atoms with E-state index in [1.54, 1.807) is 18.4 Å². The van der Waals surface area contributed by atoms with Crippen LogP contribution in [0.1, 0.15) is 17.7 Å². The molecule has 0 saturated carbocycles. The maximum Gasteiger partial charge on any atom is 0.185 e. The largest absolute Gasteiger partial charge is 0.384 e. The first-order chi connectivity index (χ1) is 8.33. The van der Waals surface area contributed by atoms with Gasteiger partial charge in [0.25, 0.3) is 0 Å². The molecule has 2 heterocycles. The van der Waals surface area contributed by atoms with Crippen LogP contribution in [-0.4, -0.2) is 38.8 Å². The zero-order valence-corrected chi connectivity index (χ0v) is 11.4. The Bertz CT molecular complexity index is 334. The van der Waals surface area contributed by atoms with Gasteiger partial charge >= 0.3 is 0 Å². The number of rotatable bonds is 5. The third kappa shape index (κ3) is 3.40. The van der Waals surface area contributed by atoms with E-state index in [2.05, 4.69) is 15.2 Å². The van der Waals surface area contributed by atoms with Gasteiger partial charge in [0, 0.05) is 44.4 Å². The van der Waals surface area contributed by atoms with Gasteiger partial charge in [0.2, 0.25) is 0 Å². The molecule has 1 aliphatic heterocycles. The molecule has 0 amide bonds. The van der Waals surface area contributed by atoms with Gasteiger partial charge in [-0.25, -0.2) is 4.98 Å². The molecule has 1 N–H and O–H groups in total. The van der Waals surface area contributed by atoms with E-state index in [-0.39, 0.29) is 0 Å². The first kappa shape index (κ1) is 12.8. The van der Waals surface area contributed by atoms with Crippen LogP contribution in [0.15, 0.2) is 6.20 Å². The average molecular weight is 255 g/mol. The molecule has 0 aromatic carbocycles. The van der Waals surface area contributed by atoms with Gasteiger partial charge in [-0.05, 0) is 25.8 Å². The summed E-state index contributed by atoms with van der Waals surface area (Å²) in [6, 6.07) is 0. The molecule has 0 atom stereocenters. The predicted molar refractivity (Wildman–Crippen MR) is 71.7 cm³/mol. The minimum Gasteiger partial charge on any atom is -0.384 e. The van der Waals surface area contributed by atoms with E-state index in [1.807, 2.05) is 13.2 Å². The molecule has 1 fully saturated rings. The van der Waals surface area contributed by atoms with E-state index in [9.17, 15) is 0 Å². The molecule has 1 aromatic heterocycles. The lowest BCUT2D eigenvalue weighted by molar-refractivity contribution is 0.139. The van der Waals surface area contributed by atoms with Crippen molar-refractivity contribution in [2.75, 3.05) is 38.8 Å². The normalized spacial score (nSPS) is 17.6. The lowest BCUT2D eigenvalue weighted by Gasteiger charge is -2.31. The Morgan fingerprint density at radius 1 is 1.53 bits per heavy atom. The maximum absolute atomic E-state index is 5.22. The van der Waals surface area contributed by atoms with Gasteiger partial charge in [0.15, 0.2) is 5.13 Å². The quantitative estimate of drug-likeness (QED) is 0.869. The van der Waals surface area contributed by atoms with E-state index in [4.69, 9.17) is 4.74 Å². The lowest BCUT2D eigenvalue weighted by atomic mass is 9.98. The summed E-state index contributed by atoms with van der Waals surface area (Å²) < 4.78 is 5.22. The fraction of sp³-hybridized carbons (Fsp3) is 0.750. The molecule has 0 spiro atoms.